The summed E-state index contributed by atoms with van der Waals surface area (Å²) in [5.74, 6) is 2.43. The van der Waals surface area contributed by atoms with Crippen molar-refractivity contribution < 1.29 is 14.3 Å². The first-order valence-corrected chi connectivity index (χ1v) is 9.98. The predicted molar refractivity (Wildman–Crippen MR) is 130 cm³/mol. The second-order valence-corrected chi connectivity index (χ2v) is 6.41. The van der Waals surface area contributed by atoms with Gasteiger partial charge in [-0.05, 0) is 44.9 Å². The Balaban J connectivity index is 0.00000784. The molecule has 0 aliphatic heterocycles. The van der Waals surface area contributed by atoms with E-state index >= 15 is 0 Å². The van der Waals surface area contributed by atoms with E-state index in [9.17, 15) is 4.79 Å². The van der Waals surface area contributed by atoms with Crippen LogP contribution in [0.3, 0.4) is 0 Å². The molecular formula is C21H37IN4O3. The number of likely N-dealkylation sites (N-methyl/N-ethyl adjacent to an activating group) is 1. The molecule has 1 aromatic carbocycles. The maximum absolute atomic E-state index is 12.1. The van der Waals surface area contributed by atoms with Crippen LogP contribution in [-0.2, 0) is 11.2 Å². The van der Waals surface area contributed by atoms with E-state index in [1.165, 1.54) is 0 Å². The van der Waals surface area contributed by atoms with Gasteiger partial charge in [0.25, 0.3) is 0 Å². The lowest BCUT2D eigenvalue weighted by atomic mass is 10.1. The molecule has 0 atom stereocenters. The highest BCUT2D eigenvalue weighted by Crippen LogP contribution is 2.27. The highest BCUT2D eigenvalue weighted by molar-refractivity contribution is 14.0. The van der Waals surface area contributed by atoms with Crippen molar-refractivity contribution in [3.8, 4) is 11.5 Å². The molecule has 0 saturated heterocycles. The van der Waals surface area contributed by atoms with Crippen LogP contribution in [0.1, 0.15) is 32.8 Å². The van der Waals surface area contributed by atoms with Gasteiger partial charge in [0.1, 0.15) is 0 Å². The number of carbonyl (C=O) groups is 1. The number of halogens is 1. The van der Waals surface area contributed by atoms with E-state index in [4.69, 9.17) is 9.47 Å². The minimum atomic E-state index is 0. The van der Waals surface area contributed by atoms with E-state index in [1.54, 1.807) is 14.2 Å². The first-order chi connectivity index (χ1) is 13.5. The maximum Gasteiger partial charge on any atom is 0.224 e. The number of methoxy groups -OCH3 is 2. The van der Waals surface area contributed by atoms with Crippen LogP contribution < -0.4 is 14.8 Å². The zero-order chi connectivity index (χ0) is 20.9. The van der Waals surface area contributed by atoms with Gasteiger partial charge in [0.05, 0.1) is 20.8 Å². The normalized spacial score (nSPS) is 10.8. The number of hydrogen-bond donors (Lipinski definition) is 1. The number of hydrogen-bond acceptors (Lipinski definition) is 4. The second-order valence-electron chi connectivity index (χ2n) is 6.41. The van der Waals surface area contributed by atoms with Crippen LogP contribution in [0.5, 0.6) is 11.5 Å². The van der Waals surface area contributed by atoms with E-state index < -0.39 is 0 Å². The Kier molecular flexibility index (Phi) is 14.3. The van der Waals surface area contributed by atoms with Gasteiger partial charge in [-0.3, -0.25) is 9.79 Å². The molecule has 1 aromatic rings. The largest absolute Gasteiger partial charge is 0.493 e. The first-order valence-electron chi connectivity index (χ1n) is 9.98. The quantitative estimate of drug-likeness (QED) is 0.276. The average molecular weight is 520 g/mol. The van der Waals surface area contributed by atoms with Crippen LogP contribution in [0.4, 0.5) is 0 Å². The summed E-state index contributed by atoms with van der Waals surface area (Å²) in [6, 6.07) is 5.97. The van der Waals surface area contributed by atoms with Gasteiger partial charge in [-0.25, -0.2) is 0 Å². The second kappa shape index (κ2) is 15.2. The lowest BCUT2D eigenvalue weighted by Gasteiger charge is -2.23. The van der Waals surface area contributed by atoms with Gasteiger partial charge >= 0.3 is 0 Å². The maximum atomic E-state index is 12.1. The number of nitrogens with zero attached hydrogens (tertiary/aromatic N) is 3. The first kappa shape index (κ1) is 27.3. The van der Waals surface area contributed by atoms with Gasteiger partial charge in [0.2, 0.25) is 5.91 Å². The van der Waals surface area contributed by atoms with Gasteiger partial charge in [-0.1, -0.05) is 6.07 Å². The summed E-state index contributed by atoms with van der Waals surface area (Å²) in [6.45, 7) is 9.58. The molecule has 8 heteroatoms. The topological polar surface area (TPSA) is 66.4 Å². The van der Waals surface area contributed by atoms with Gasteiger partial charge < -0.3 is 24.6 Å². The molecule has 0 aliphatic carbocycles. The molecule has 7 nitrogen and oxygen atoms in total. The number of benzene rings is 1. The Morgan fingerprint density at radius 3 is 2.31 bits per heavy atom. The third-order valence-electron chi connectivity index (χ3n) is 4.58. The lowest BCUT2D eigenvalue weighted by Crippen LogP contribution is -2.40. The molecule has 0 fully saturated rings. The number of guanidine groups is 1. The van der Waals surface area contributed by atoms with Gasteiger partial charge in [0.15, 0.2) is 17.5 Å². The van der Waals surface area contributed by atoms with Crippen LogP contribution in [0.2, 0.25) is 0 Å². The number of amides is 1. The highest BCUT2D eigenvalue weighted by atomic mass is 127. The van der Waals surface area contributed by atoms with Crippen molar-refractivity contribution in [1.82, 2.24) is 15.1 Å². The molecule has 1 rings (SSSR count). The minimum absolute atomic E-state index is 0. The highest BCUT2D eigenvalue weighted by Gasteiger charge is 2.11. The SMILES string of the molecule is CCNC(=NCCC(=O)N(CC)CC)N(C)CCc1ccc(OC)c(OC)c1.I. The van der Waals surface area contributed by atoms with E-state index in [1.807, 2.05) is 50.9 Å². The van der Waals surface area contributed by atoms with E-state index in [2.05, 4.69) is 15.2 Å². The van der Waals surface area contributed by atoms with Crippen molar-refractivity contribution in [2.75, 3.05) is 54.0 Å². The van der Waals surface area contributed by atoms with E-state index in [-0.39, 0.29) is 29.9 Å². The van der Waals surface area contributed by atoms with Crippen molar-refractivity contribution in [3.05, 3.63) is 23.8 Å². The summed E-state index contributed by atoms with van der Waals surface area (Å²) < 4.78 is 10.7. The molecule has 1 N–H and O–H groups in total. The number of nitrogens with one attached hydrogen (secondary N) is 1. The zero-order valence-corrected chi connectivity index (χ0v) is 21.0. The van der Waals surface area contributed by atoms with E-state index in [0.717, 1.165) is 55.6 Å². The number of aliphatic imine (C=N–C) groups is 1. The minimum Gasteiger partial charge on any atom is -0.493 e. The Morgan fingerprint density at radius 2 is 1.76 bits per heavy atom. The molecular weight excluding hydrogens is 483 g/mol. The smallest absolute Gasteiger partial charge is 0.224 e. The Bertz CT molecular complexity index is 636. The molecule has 0 saturated carbocycles. The molecule has 1 amide bonds. The standard InChI is InChI=1S/C21H36N4O3.HI/c1-7-22-21(23-14-12-20(26)25(8-2)9-3)24(4)15-13-17-10-11-18(27-5)19(16-17)28-6;/h10-11,16H,7-9,12-15H2,1-6H3,(H,22,23);1H. The monoisotopic (exact) mass is 520 g/mol. The number of carbonyl (C=O) groups excluding carboxylic acids is 1. The van der Waals surface area contributed by atoms with Crippen LogP contribution in [0, 0.1) is 0 Å². The Morgan fingerprint density at radius 1 is 1.10 bits per heavy atom. The fraction of sp³-hybridized carbons (Fsp3) is 0.619. The lowest BCUT2D eigenvalue weighted by molar-refractivity contribution is -0.130. The van der Waals surface area contributed by atoms with E-state index in [0.29, 0.717) is 13.0 Å². The van der Waals surface area contributed by atoms with Crippen LogP contribution >= 0.6 is 24.0 Å². The molecule has 0 aliphatic rings. The summed E-state index contributed by atoms with van der Waals surface area (Å²) in [7, 11) is 5.28. The van der Waals surface area contributed by atoms with Crippen molar-refractivity contribution >= 4 is 35.8 Å². The molecule has 0 bridgehead atoms. The number of ether oxygens (including phenoxy) is 2. The van der Waals surface area contributed by atoms with Crippen molar-refractivity contribution in [2.45, 2.75) is 33.6 Å². The Labute approximate surface area is 192 Å². The van der Waals surface area contributed by atoms with Crippen LogP contribution in [-0.4, -0.2) is 75.7 Å². The Hall–Kier alpha value is -1.71. The fourth-order valence-corrected chi connectivity index (χ4v) is 2.90. The van der Waals surface area contributed by atoms with Gasteiger partial charge in [-0.2, -0.15) is 0 Å². The van der Waals surface area contributed by atoms with Crippen LogP contribution in [0.25, 0.3) is 0 Å². The molecule has 0 spiro atoms. The van der Waals surface area contributed by atoms with Crippen molar-refractivity contribution in [3.63, 3.8) is 0 Å². The third-order valence-corrected chi connectivity index (χ3v) is 4.58. The summed E-state index contributed by atoms with van der Waals surface area (Å²) in [5, 5.41) is 3.30. The summed E-state index contributed by atoms with van der Waals surface area (Å²) >= 11 is 0. The third kappa shape index (κ3) is 9.10. The average Bonchev–Trinajstić information content (AvgIpc) is 2.71. The fourth-order valence-electron chi connectivity index (χ4n) is 2.90. The molecule has 0 aromatic heterocycles. The van der Waals surface area contributed by atoms with Crippen molar-refractivity contribution in [1.29, 1.82) is 0 Å². The molecule has 0 unspecified atom stereocenters. The summed E-state index contributed by atoms with van der Waals surface area (Å²) in [6.07, 6.45) is 1.28. The zero-order valence-electron chi connectivity index (χ0n) is 18.7. The number of rotatable bonds is 11. The molecule has 29 heavy (non-hydrogen) atoms. The van der Waals surface area contributed by atoms with Gasteiger partial charge in [-0.15, -0.1) is 24.0 Å². The molecule has 0 heterocycles. The molecule has 0 radical (unpaired) electrons. The molecule has 166 valence electrons. The van der Waals surface area contributed by atoms with Crippen LogP contribution in [0.15, 0.2) is 23.2 Å². The van der Waals surface area contributed by atoms with Gasteiger partial charge in [0, 0.05) is 39.6 Å². The summed E-state index contributed by atoms with van der Waals surface area (Å²) in [5.41, 5.74) is 1.16. The predicted octanol–water partition coefficient (Wildman–Crippen LogP) is 3.02. The summed E-state index contributed by atoms with van der Waals surface area (Å²) in [4.78, 5) is 20.7. The van der Waals surface area contributed by atoms with Crippen molar-refractivity contribution in [2.24, 2.45) is 4.99 Å².